The number of hydrogen-bond donors (Lipinski definition) is 1. The van der Waals surface area contributed by atoms with Crippen molar-refractivity contribution < 1.29 is 9.59 Å². The van der Waals surface area contributed by atoms with Gasteiger partial charge < -0.3 is 10.2 Å². The minimum absolute atomic E-state index is 0.0315. The summed E-state index contributed by atoms with van der Waals surface area (Å²) in [5.74, 6) is -0.218. The molecule has 0 bridgehead atoms. The summed E-state index contributed by atoms with van der Waals surface area (Å²) < 4.78 is 0. The minimum Gasteiger partial charge on any atom is -0.346 e. The molecule has 23 heavy (non-hydrogen) atoms. The summed E-state index contributed by atoms with van der Waals surface area (Å²) in [5.41, 5.74) is 1.71. The van der Waals surface area contributed by atoms with E-state index in [4.69, 9.17) is 11.6 Å². The van der Waals surface area contributed by atoms with Crippen LogP contribution in [0.25, 0.3) is 0 Å². The van der Waals surface area contributed by atoms with Crippen molar-refractivity contribution in [1.29, 1.82) is 0 Å². The number of carbonyl (C=O) groups is 2. The third kappa shape index (κ3) is 3.48. The zero-order chi connectivity index (χ0) is 16.2. The maximum atomic E-state index is 12.3. The monoisotopic (exact) mass is 330 g/mol. The molecule has 1 aliphatic rings. The van der Waals surface area contributed by atoms with Crippen molar-refractivity contribution >= 4 is 29.1 Å². The molecule has 1 N–H and O–H groups in total. The Morgan fingerprint density at radius 2 is 2.22 bits per heavy atom. The van der Waals surface area contributed by atoms with E-state index in [0.717, 1.165) is 6.42 Å². The van der Waals surface area contributed by atoms with Gasteiger partial charge in [-0.2, -0.15) is 0 Å². The fraction of sp³-hybridized carbons (Fsp3) is 0.250. The van der Waals surface area contributed by atoms with Crippen LogP contribution in [-0.2, 0) is 11.3 Å². The molecule has 0 aliphatic carbocycles. The minimum atomic E-state index is -0.250. The van der Waals surface area contributed by atoms with Crippen LogP contribution in [0.4, 0.5) is 5.69 Å². The number of aromatic nitrogens is 2. The Morgan fingerprint density at radius 3 is 2.91 bits per heavy atom. The lowest BCUT2D eigenvalue weighted by Crippen LogP contribution is -2.26. The number of hydrogen-bond acceptors (Lipinski definition) is 4. The van der Waals surface area contributed by atoms with E-state index in [2.05, 4.69) is 15.3 Å². The molecule has 3 rings (SSSR count). The van der Waals surface area contributed by atoms with Crippen LogP contribution in [0, 0.1) is 0 Å². The fourth-order valence-corrected chi connectivity index (χ4v) is 2.68. The Morgan fingerprint density at radius 1 is 1.35 bits per heavy atom. The first-order chi connectivity index (χ1) is 11.1. The van der Waals surface area contributed by atoms with Gasteiger partial charge in [0.2, 0.25) is 5.91 Å². The largest absolute Gasteiger partial charge is 0.346 e. The summed E-state index contributed by atoms with van der Waals surface area (Å²) in [6.45, 7) is 0.913. The van der Waals surface area contributed by atoms with Gasteiger partial charge in [-0.15, -0.1) is 0 Å². The van der Waals surface area contributed by atoms with E-state index in [0.29, 0.717) is 34.9 Å². The molecule has 0 atom stereocenters. The molecule has 0 spiro atoms. The Labute approximate surface area is 138 Å². The van der Waals surface area contributed by atoms with Crippen molar-refractivity contribution in [2.75, 3.05) is 11.4 Å². The lowest BCUT2D eigenvalue weighted by Gasteiger charge is -2.18. The van der Waals surface area contributed by atoms with E-state index in [1.54, 1.807) is 41.7 Å². The number of anilines is 1. The van der Waals surface area contributed by atoms with Crippen molar-refractivity contribution in [1.82, 2.24) is 15.3 Å². The summed E-state index contributed by atoms with van der Waals surface area (Å²) in [5, 5.41) is 3.24. The molecule has 0 unspecified atom stereocenters. The van der Waals surface area contributed by atoms with Crippen molar-refractivity contribution in [3.05, 3.63) is 53.1 Å². The van der Waals surface area contributed by atoms with Gasteiger partial charge in [0, 0.05) is 30.9 Å². The van der Waals surface area contributed by atoms with E-state index in [-0.39, 0.29) is 18.4 Å². The molecule has 1 aromatic heterocycles. The number of carbonyl (C=O) groups excluding carboxylic acids is 2. The lowest BCUT2D eigenvalue weighted by molar-refractivity contribution is -0.117. The van der Waals surface area contributed by atoms with Gasteiger partial charge in [0.15, 0.2) is 0 Å². The summed E-state index contributed by atoms with van der Waals surface area (Å²) in [4.78, 5) is 33.8. The summed E-state index contributed by atoms with van der Waals surface area (Å²) >= 11 is 6.18. The van der Waals surface area contributed by atoms with E-state index >= 15 is 0 Å². The van der Waals surface area contributed by atoms with Crippen LogP contribution in [-0.4, -0.2) is 28.3 Å². The zero-order valence-corrected chi connectivity index (χ0v) is 13.1. The number of amides is 2. The molecule has 2 aromatic rings. The Kier molecular flexibility index (Phi) is 4.52. The SMILES string of the molecule is O=C(NCc1cnccn1)c1ccc(Cl)c(N2CCCC2=O)c1. The van der Waals surface area contributed by atoms with E-state index < -0.39 is 0 Å². The smallest absolute Gasteiger partial charge is 0.251 e. The molecule has 1 aliphatic heterocycles. The molecule has 0 saturated carbocycles. The van der Waals surface area contributed by atoms with Gasteiger partial charge in [-0.25, -0.2) is 0 Å². The molecule has 1 saturated heterocycles. The second kappa shape index (κ2) is 6.75. The standard InChI is InChI=1S/C16H15ClN4O2/c17-13-4-3-11(8-14(13)21-7-1-2-15(21)22)16(23)20-10-12-9-18-5-6-19-12/h3-6,8-9H,1-2,7,10H2,(H,20,23). The van der Waals surface area contributed by atoms with Crippen LogP contribution in [0.15, 0.2) is 36.8 Å². The van der Waals surface area contributed by atoms with Crippen LogP contribution in [0.1, 0.15) is 28.9 Å². The lowest BCUT2D eigenvalue weighted by atomic mass is 10.1. The van der Waals surface area contributed by atoms with Crippen LogP contribution >= 0.6 is 11.6 Å². The zero-order valence-electron chi connectivity index (χ0n) is 12.3. The normalized spacial score (nSPS) is 14.1. The summed E-state index contributed by atoms with van der Waals surface area (Å²) in [7, 11) is 0. The molecule has 0 radical (unpaired) electrons. The van der Waals surface area contributed by atoms with Crippen LogP contribution < -0.4 is 10.2 Å². The first kappa shape index (κ1) is 15.4. The number of benzene rings is 1. The third-order valence-electron chi connectivity index (χ3n) is 3.62. The van der Waals surface area contributed by atoms with Crippen LogP contribution in [0.5, 0.6) is 0 Å². The molecule has 118 valence electrons. The van der Waals surface area contributed by atoms with Crippen molar-refractivity contribution in [2.45, 2.75) is 19.4 Å². The number of rotatable bonds is 4. The molecule has 1 fully saturated rings. The van der Waals surface area contributed by atoms with Gasteiger partial charge in [-0.3, -0.25) is 19.6 Å². The number of halogens is 1. The van der Waals surface area contributed by atoms with Gasteiger partial charge >= 0.3 is 0 Å². The van der Waals surface area contributed by atoms with E-state index in [9.17, 15) is 9.59 Å². The molecule has 1 aromatic carbocycles. The number of nitrogens with one attached hydrogen (secondary N) is 1. The highest BCUT2D eigenvalue weighted by Gasteiger charge is 2.24. The molecular formula is C16H15ClN4O2. The second-order valence-corrected chi connectivity index (χ2v) is 5.60. The third-order valence-corrected chi connectivity index (χ3v) is 3.94. The van der Waals surface area contributed by atoms with Gasteiger partial charge in [0.1, 0.15) is 0 Å². The van der Waals surface area contributed by atoms with Crippen molar-refractivity contribution in [3.63, 3.8) is 0 Å². The predicted molar refractivity (Wildman–Crippen MR) is 86.2 cm³/mol. The second-order valence-electron chi connectivity index (χ2n) is 5.19. The highest BCUT2D eigenvalue weighted by atomic mass is 35.5. The van der Waals surface area contributed by atoms with Crippen molar-refractivity contribution in [3.8, 4) is 0 Å². The topological polar surface area (TPSA) is 75.2 Å². The quantitative estimate of drug-likeness (QED) is 0.932. The average molecular weight is 331 g/mol. The Balaban J connectivity index is 1.74. The fourth-order valence-electron chi connectivity index (χ4n) is 2.46. The molecule has 7 heteroatoms. The molecule has 2 amide bonds. The maximum absolute atomic E-state index is 12.3. The van der Waals surface area contributed by atoms with Gasteiger partial charge in [-0.1, -0.05) is 11.6 Å². The average Bonchev–Trinajstić information content (AvgIpc) is 3.00. The first-order valence-corrected chi connectivity index (χ1v) is 7.66. The summed E-state index contributed by atoms with van der Waals surface area (Å²) in [6.07, 6.45) is 6.05. The van der Waals surface area contributed by atoms with Crippen LogP contribution in [0.3, 0.4) is 0 Å². The van der Waals surface area contributed by atoms with Gasteiger partial charge in [0.25, 0.3) is 5.91 Å². The van der Waals surface area contributed by atoms with Crippen LogP contribution in [0.2, 0.25) is 5.02 Å². The first-order valence-electron chi connectivity index (χ1n) is 7.28. The highest BCUT2D eigenvalue weighted by Crippen LogP contribution is 2.30. The van der Waals surface area contributed by atoms with E-state index in [1.165, 1.54) is 0 Å². The van der Waals surface area contributed by atoms with E-state index in [1.807, 2.05) is 0 Å². The van der Waals surface area contributed by atoms with Crippen molar-refractivity contribution in [2.24, 2.45) is 0 Å². The maximum Gasteiger partial charge on any atom is 0.251 e. The molecule has 6 nitrogen and oxygen atoms in total. The Bertz CT molecular complexity index is 736. The Hall–Kier alpha value is -2.47. The number of nitrogens with zero attached hydrogens (tertiary/aromatic N) is 3. The molecule has 2 heterocycles. The van der Waals surface area contributed by atoms with Gasteiger partial charge in [0.05, 0.1) is 29.1 Å². The summed E-state index contributed by atoms with van der Waals surface area (Å²) in [6, 6.07) is 4.93. The molecular weight excluding hydrogens is 316 g/mol. The highest BCUT2D eigenvalue weighted by molar-refractivity contribution is 6.34. The van der Waals surface area contributed by atoms with Gasteiger partial charge in [-0.05, 0) is 24.6 Å². The predicted octanol–water partition coefficient (Wildman–Crippen LogP) is 2.19.